The summed E-state index contributed by atoms with van der Waals surface area (Å²) in [4.78, 5) is 15.3. The molecule has 0 saturated heterocycles. The van der Waals surface area contributed by atoms with E-state index in [9.17, 15) is 4.79 Å². The van der Waals surface area contributed by atoms with E-state index >= 15 is 0 Å². The van der Waals surface area contributed by atoms with Gasteiger partial charge in [-0.05, 0) is 5.92 Å². The lowest BCUT2D eigenvalue weighted by Crippen LogP contribution is -2.35. The summed E-state index contributed by atoms with van der Waals surface area (Å²) in [7, 11) is 0. The van der Waals surface area contributed by atoms with E-state index in [2.05, 4.69) is 15.5 Å². The summed E-state index contributed by atoms with van der Waals surface area (Å²) >= 11 is 0. The van der Waals surface area contributed by atoms with Crippen LogP contribution in [-0.4, -0.2) is 28.6 Å². The largest absolute Gasteiger partial charge is 0.356 e. The van der Waals surface area contributed by atoms with Crippen molar-refractivity contribution < 1.29 is 9.32 Å². The predicted octanol–water partition coefficient (Wildman–Crippen LogP) is 0.102. The highest BCUT2D eigenvalue weighted by Gasteiger charge is 2.12. The SMILES string of the molecule is CC(C)C(N)CC(=O)NCCc1ncno1. The van der Waals surface area contributed by atoms with Crippen LogP contribution in [0.15, 0.2) is 10.9 Å². The van der Waals surface area contributed by atoms with Gasteiger partial charge in [-0.1, -0.05) is 19.0 Å². The smallest absolute Gasteiger partial charge is 0.228 e. The molecule has 1 amide bonds. The summed E-state index contributed by atoms with van der Waals surface area (Å²) < 4.78 is 4.80. The number of amides is 1. The van der Waals surface area contributed by atoms with Gasteiger partial charge >= 0.3 is 0 Å². The first-order valence-electron chi connectivity index (χ1n) is 5.37. The minimum atomic E-state index is -0.0941. The fraction of sp³-hybridized carbons (Fsp3) is 0.700. The maximum Gasteiger partial charge on any atom is 0.228 e. The monoisotopic (exact) mass is 226 g/mol. The predicted molar refractivity (Wildman–Crippen MR) is 58.4 cm³/mol. The van der Waals surface area contributed by atoms with E-state index in [1.807, 2.05) is 13.8 Å². The molecule has 0 bridgehead atoms. The first-order chi connectivity index (χ1) is 7.59. The van der Waals surface area contributed by atoms with Gasteiger partial charge in [-0.25, -0.2) is 0 Å². The van der Waals surface area contributed by atoms with Crippen molar-refractivity contribution in [2.24, 2.45) is 11.7 Å². The maximum absolute atomic E-state index is 11.4. The van der Waals surface area contributed by atoms with Crippen LogP contribution in [0.5, 0.6) is 0 Å². The topological polar surface area (TPSA) is 94.0 Å². The molecule has 1 atom stereocenters. The Labute approximate surface area is 94.6 Å². The van der Waals surface area contributed by atoms with Gasteiger partial charge in [-0.3, -0.25) is 4.79 Å². The second-order valence-electron chi connectivity index (χ2n) is 4.05. The van der Waals surface area contributed by atoms with Gasteiger partial charge in [0.15, 0.2) is 6.33 Å². The number of nitrogens with zero attached hydrogens (tertiary/aromatic N) is 2. The second kappa shape index (κ2) is 6.22. The summed E-state index contributed by atoms with van der Waals surface area (Å²) in [6.45, 7) is 4.48. The maximum atomic E-state index is 11.4. The molecule has 6 heteroatoms. The molecule has 0 aliphatic carbocycles. The molecule has 0 spiro atoms. The molecule has 16 heavy (non-hydrogen) atoms. The van der Waals surface area contributed by atoms with Gasteiger partial charge in [0.05, 0.1) is 0 Å². The number of hydrogen-bond donors (Lipinski definition) is 2. The number of hydrogen-bond acceptors (Lipinski definition) is 5. The number of carbonyl (C=O) groups excluding carboxylic acids is 1. The Balaban J connectivity index is 2.15. The second-order valence-corrected chi connectivity index (χ2v) is 4.05. The van der Waals surface area contributed by atoms with Crippen LogP contribution in [0.2, 0.25) is 0 Å². The fourth-order valence-corrected chi connectivity index (χ4v) is 1.14. The van der Waals surface area contributed by atoms with Crippen LogP contribution in [0.1, 0.15) is 26.2 Å². The van der Waals surface area contributed by atoms with Crippen LogP contribution < -0.4 is 11.1 Å². The van der Waals surface area contributed by atoms with E-state index in [1.165, 1.54) is 6.33 Å². The molecule has 1 heterocycles. The molecule has 0 radical (unpaired) electrons. The number of nitrogens with two attached hydrogens (primary N) is 1. The fourth-order valence-electron chi connectivity index (χ4n) is 1.14. The zero-order chi connectivity index (χ0) is 12.0. The molecule has 3 N–H and O–H groups in total. The van der Waals surface area contributed by atoms with Crippen molar-refractivity contribution in [1.82, 2.24) is 15.5 Å². The minimum absolute atomic E-state index is 0.0410. The van der Waals surface area contributed by atoms with Gasteiger partial charge in [-0.15, -0.1) is 0 Å². The molecule has 1 rings (SSSR count). The molecule has 0 fully saturated rings. The molecule has 1 aromatic heterocycles. The molecule has 1 unspecified atom stereocenters. The Hall–Kier alpha value is -1.43. The van der Waals surface area contributed by atoms with E-state index in [-0.39, 0.29) is 11.9 Å². The first-order valence-corrected chi connectivity index (χ1v) is 5.37. The van der Waals surface area contributed by atoms with Crippen molar-refractivity contribution in [1.29, 1.82) is 0 Å². The summed E-state index contributed by atoms with van der Waals surface area (Å²) in [5, 5.41) is 6.23. The standard InChI is InChI=1S/C10H18N4O2/c1-7(2)8(11)5-9(15)12-4-3-10-13-6-14-16-10/h6-8H,3-5,11H2,1-2H3,(H,12,15). The lowest BCUT2D eigenvalue weighted by molar-refractivity contribution is -0.121. The van der Waals surface area contributed by atoms with E-state index in [0.717, 1.165) is 0 Å². The van der Waals surface area contributed by atoms with Crippen LogP contribution in [0, 0.1) is 5.92 Å². The molecule has 1 aromatic rings. The van der Waals surface area contributed by atoms with Crippen LogP contribution in [0.4, 0.5) is 0 Å². The Bertz CT molecular complexity index is 311. The van der Waals surface area contributed by atoms with Crippen molar-refractivity contribution >= 4 is 5.91 Å². The van der Waals surface area contributed by atoms with Crippen LogP contribution in [0.3, 0.4) is 0 Å². The van der Waals surface area contributed by atoms with E-state index in [1.54, 1.807) is 0 Å². The van der Waals surface area contributed by atoms with Crippen molar-refractivity contribution in [2.45, 2.75) is 32.7 Å². The first kappa shape index (κ1) is 12.6. The van der Waals surface area contributed by atoms with Crippen LogP contribution >= 0.6 is 0 Å². The van der Waals surface area contributed by atoms with Crippen molar-refractivity contribution in [3.05, 3.63) is 12.2 Å². The molecule has 0 saturated carbocycles. The van der Waals surface area contributed by atoms with Gasteiger partial charge in [-0.2, -0.15) is 4.98 Å². The zero-order valence-electron chi connectivity index (χ0n) is 9.64. The zero-order valence-corrected chi connectivity index (χ0v) is 9.64. The Kier molecular flexibility index (Phi) is 4.91. The summed E-state index contributed by atoms with van der Waals surface area (Å²) in [5.41, 5.74) is 5.78. The van der Waals surface area contributed by atoms with Gasteiger partial charge in [0, 0.05) is 25.4 Å². The highest BCUT2D eigenvalue weighted by molar-refractivity contribution is 5.76. The Morgan fingerprint density at radius 2 is 2.38 bits per heavy atom. The number of nitrogens with one attached hydrogen (secondary N) is 1. The third kappa shape index (κ3) is 4.39. The highest BCUT2D eigenvalue weighted by Crippen LogP contribution is 2.02. The molecule has 6 nitrogen and oxygen atoms in total. The van der Waals surface area contributed by atoms with E-state index in [4.69, 9.17) is 10.3 Å². The van der Waals surface area contributed by atoms with Gasteiger partial charge in [0.1, 0.15) is 0 Å². The van der Waals surface area contributed by atoms with Gasteiger partial charge < -0.3 is 15.6 Å². The molecular weight excluding hydrogens is 208 g/mol. The summed E-state index contributed by atoms with van der Waals surface area (Å²) in [6, 6.07) is -0.0941. The third-order valence-corrected chi connectivity index (χ3v) is 2.35. The average Bonchev–Trinajstić information content (AvgIpc) is 2.70. The lowest BCUT2D eigenvalue weighted by Gasteiger charge is -2.14. The number of rotatable bonds is 6. The Morgan fingerprint density at radius 3 is 2.94 bits per heavy atom. The molecule has 90 valence electrons. The van der Waals surface area contributed by atoms with Crippen molar-refractivity contribution in [2.75, 3.05) is 6.54 Å². The van der Waals surface area contributed by atoms with Crippen LogP contribution in [-0.2, 0) is 11.2 Å². The molecule has 0 aliphatic rings. The molecular formula is C10H18N4O2. The minimum Gasteiger partial charge on any atom is -0.356 e. The highest BCUT2D eigenvalue weighted by atomic mass is 16.5. The van der Waals surface area contributed by atoms with Crippen LogP contribution in [0.25, 0.3) is 0 Å². The normalized spacial score (nSPS) is 12.8. The van der Waals surface area contributed by atoms with Crippen molar-refractivity contribution in [3.63, 3.8) is 0 Å². The number of carbonyl (C=O) groups is 1. The summed E-state index contributed by atoms with van der Waals surface area (Å²) in [6.07, 6.45) is 2.23. The van der Waals surface area contributed by atoms with Gasteiger partial charge in [0.2, 0.25) is 11.8 Å². The summed E-state index contributed by atoms with van der Waals surface area (Å²) in [5.74, 6) is 0.788. The van der Waals surface area contributed by atoms with Gasteiger partial charge in [0.25, 0.3) is 0 Å². The van der Waals surface area contributed by atoms with E-state index in [0.29, 0.717) is 31.2 Å². The molecule has 0 aliphatic heterocycles. The Morgan fingerprint density at radius 1 is 1.62 bits per heavy atom. The average molecular weight is 226 g/mol. The molecule has 0 aromatic carbocycles. The third-order valence-electron chi connectivity index (χ3n) is 2.35. The lowest BCUT2D eigenvalue weighted by atomic mass is 10.0. The number of aromatic nitrogens is 2. The van der Waals surface area contributed by atoms with Crippen molar-refractivity contribution in [3.8, 4) is 0 Å². The van der Waals surface area contributed by atoms with E-state index < -0.39 is 0 Å². The quantitative estimate of drug-likeness (QED) is 0.717.